The van der Waals surface area contributed by atoms with E-state index in [0.717, 1.165) is 19.5 Å². The van der Waals surface area contributed by atoms with Crippen molar-refractivity contribution >= 4 is 0 Å². The fourth-order valence-corrected chi connectivity index (χ4v) is 1.57. The quantitative estimate of drug-likeness (QED) is 0.692. The second-order valence-corrected chi connectivity index (χ2v) is 3.09. The molecule has 1 aromatic heterocycles. The van der Waals surface area contributed by atoms with Gasteiger partial charge in [0.25, 0.3) is 0 Å². The van der Waals surface area contributed by atoms with Crippen molar-refractivity contribution in [2.75, 3.05) is 20.4 Å². The Hall–Kier alpha value is -0.870. The first kappa shape index (κ1) is 7.76. The zero-order valence-electron chi connectivity index (χ0n) is 7.21. The molecule has 4 heteroatoms. The molecule has 0 saturated carbocycles. The minimum absolute atomic E-state index is 0.713. The highest BCUT2D eigenvalue weighted by molar-refractivity contribution is 5.18. The minimum Gasteiger partial charge on any atom is -0.369 e. The molecule has 0 unspecified atom stereocenters. The van der Waals surface area contributed by atoms with E-state index >= 15 is 0 Å². The number of H-pyrrole nitrogens is 1. The average molecular weight is 167 g/mol. The summed E-state index contributed by atoms with van der Waals surface area (Å²) >= 11 is 0. The molecule has 0 amide bonds. The van der Waals surface area contributed by atoms with E-state index < -0.39 is 0 Å². The maximum Gasteiger partial charge on any atom is 0.0989 e. The Morgan fingerprint density at radius 3 is 3.50 bits per heavy atom. The lowest BCUT2D eigenvalue weighted by molar-refractivity contribution is 0.0542. The number of hydrogen-bond acceptors (Lipinski definition) is 3. The van der Waals surface area contributed by atoms with Gasteiger partial charge in [-0.05, 0) is 0 Å². The van der Waals surface area contributed by atoms with E-state index in [1.165, 1.54) is 11.3 Å². The van der Waals surface area contributed by atoms with E-state index in [2.05, 4.69) is 15.1 Å². The molecular formula is C8H13N3O. The Morgan fingerprint density at radius 1 is 1.75 bits per heavy atom. The van der Waals surface area contributed by atoms with Crippen molar-refractivity contribution in [2.45, 2.75) is 13.0 Å². The number of methoxy groups -OCH3 is 1. The van der Waals surface area contributed by atoms with Gasteiger partial charge in [0, 0.05) is 37.9 Å². The van der Waals surface area contributed by atoms with Gasteiger partial charge in [-0.3, -0.25) is 10.00 Å². The molecule has 1 aliphatic heterocycles. The summed E-state index contributed by atoms with van der Waals surface area (Å²) in [6, 6.07) is 0. The monoisotopic (exact) mass is 167 g/mol. The molecule has 4 nitrogen and oxygen atoms in total. The number of nitrogens with one attached hydrogen (secondary N) is 1. The zero-order valence-corrected chi connectivity index (χ0v) is 7.21. The fourth-order valence-electron chi connectivity index (χ4n) is 1.57. The van der Waals surface area contributed by atoms with E-state index in [1.807, 2.05) is 6.20 Å². The topological polar surface area (TPSA) is 41.1 Å². The van der Waals surface area contributed by atoms with Crippen molar-refractivity contribution in [3.63, 3.8) is 0 Å². The van der Waals surface area contributed by atoms with Gasteiger partial charge in [0.05, 0.1) is 12.9 Å². The summed E-state index contributed by atoms with van der Waals surface area (Å²) in [5, 5.41) is 7.01. The van der Waals surface area contributed by atoms with Gasteiger partial charge in [0.2, 0.25) is 0 Å². The molecular weight excluding hydrogens is 154 g/mol. The molecule has 0 aromatic carbocycles. The van der Waals surface area contributed by atoms with E-state index in [4.69, 9.17) is 4.74 Å². The third-order valence-electron chi connectivity index (χ3n) is 2.19. The largest absolute Gasteiger partial charge is 0.369 e. The van der Waals surface area contributed by atoms with Crippen LogP contribution >= 0.6 is 0 Å². The van der Waals surface area contributed by atoms with Crippen LogP contribution in [0.4, 0.5) is 0 Å². The summed E-state index contributed by atoms with van der Waals surface area (Å²) in [4.78, 5) is 2.26. The number of rotatable bonds is 2. The van der Waals surface area contributed by atoms with Gasteiger partial charge in [0.1, 0.15) is 0 Å². The molecule has 0 spiro atoms. The lowest BCUT2D eigenvalue weighted by atomic mass is 10.1. The molecule has 1 aliphatic rings. The maximum atomic E-state index is 5.07. The van der Waals surface area contributed by atoms with Crippen LogP contribution in [0, 0.1) is 0 Å². The molecule has 0 aliphatic carbocycles. The molecule has 1 aromatic rings. The van der Waals surface area contributed by atoms with Crippen LogP contribution in [0.3, 0.4) is 0 Å². The van der Waals surface area contributed by atoms with Crippen LogP contribution in [0.15, 0.2) is 6.20 Å². The molecule has 66 valence electrons. The lowest BCUT2D eigenvalue weighted by Gasteiger charge is -2.24. The number of aromatic amines is 1. The first-order chi connectivity index (χ1) is 5.90. The van der Waals surface area contributed by atoms with Crippen molar-refractivity contribution in [1.29, 1.82) is 0 Å². The molecule has 2 rings (SSSR count). The van der Waals surface area contributed by atoms with Crippen LogP contribution in [0.5, 0.6) is 0 Å². The number of aromatic nitrogens is 2. The number of hydrogen-bond donors (Lipinski definition) is 1. The van der Waals surface area contributed by atoms with Crippen molar-refractivity contribution in [1.82, 2.24) is 15.1 Å². The van der Waals surface area contributed by atoms with E-state index in [-0.39, 0.29) is 0 Å². The summed E-state index contributed by atoms with van der Waals surface area (Å²) in [5.41, 5.74) is 2.58. The molecule has 0 atom stereocenters. The Morgan fingerprint density at radius 2 is 2.67 bits per heavy atom. The van der Waals surface area contributed by atoms with Crippen molar-refractivity contribution in [3.8, 4) is 0 Å². The molecule has 0 bridgehead atoms. The molecule has 1 N–H and O–H groups in total. The molecule has 0 radical (unpaired) electrons. The van der Waals surface area contributed by atoms with Crippen LogP contribution in [0.1, 0.15) is 11.3 Å². The predicted octanol–water partition coefficient (Wildman–Crippen LogP) is 0.372. The zero-order chi connectivity index (χ0) is 8.39. The van der Waals surface area contributed by atoms with Gasteiger partial charge in [0.15, 0.2) is 0 Å². The van der Waals surface area contributed by atoms with Crippen molar-refractivity contribution < 1.29 is 4.74 Å². The average Bonchev–Trinajstić information content (AvgIpc) is 2.51. The smallest absolute Gasteiger partial charge is 0.0989 e. The molecule has 0 fully saturated rings. The lowest BCUT2D eigenvalue weighted by Crippen LogP contribution is -2.31. The number of fused-ring (bicyclic) bond motifs is 1. The third-order valence-corrected chi connectivity index (χ3v) is 2.19. The molecule has 0 saturated heterocycles. The van der Waals surface area contributed by atoms with Crippen LogP contribution in [-0.4, -0.2) is 35.5 Å². The van der Waals surface area contributed by atoms with Gasteiger partial charge in [-0.15, -0.1) is 0 Å². The van der Waals surface area contributed by atoms with E-state index in [1.54, 1.807) is 7.11 Å². The summed E-state index contributed by atoms with van der Waals surface area (Å²) in [7, 11) is 1.73. The standard InChI is InChI=1S/C8H13N3O/c1-12-6-11-3-2-8-7(5-11)4-9-10-8/h4H,2-3,5-6H2,1H3,(H,9,10). The minimum atomic E-state index is 0.713. The van der Waals surface area contributed by atoms with Gasteiger partial charge >= 0.3 is 0 Å². The van der Waals surface area contributed by atoms with Crippen LogP contribution in [0.2, 0.25) is 0 Å². The number of ether oxygens (including phenoxy) is 1. The van der Waals surface area contributed by atoms with Gasteiger partial charge in [-0.25, -0.2) is 0 Å². The Balaban J connectivity index is 2.05. The highest BCUT2D eigenvalue weighted by Gasteiger charge is 2.16. The Kier molecular flexibility index (Phi) is 2.10. The van der Waals surface area contributed by atoms with Crippen molar-refractivity contribution in [3.05, 3.63) is 17.5 Å². The van der Waals surface area contributed by atoms with Crippen LogP contribution in [0.25, 0.3) is 0 Å². The Labute approximate surface area is 71.5 Å². The predicted molar refractivity (Wildman–Crippen MR) is 44.6 cm³/mol. The highest BCUT2D eigenvalue weighted by Crippen LogP contribution is 2.15. The Bertz CT molecular complexity index is 259. The summed E-state index contributed by atoms with van der Waals surface area (Å²) < 4.78 is 5.07. The highest BCUT2D eigenvalue weighted by atomic mass is 16.5. The van der Waals surface area contributed by atoms with E-state index in [9.17, 15) is 0 Å². The van der Waals surface area contributed by atoms with Gasteiger partial charge in [-0.2, -0.15) is 5.10 Å². The second kappa shape index (κ2) is 3.25. The number of nitrogens with zero attached hydrogens (tertiary/aromatic N) is 2. The molecule has 2 heterocycles. The SMILES string of the molecule is COCN1CCc2[nH]ncc2C1. The maximum absolute atomic E-state index is 5.07. The van der Waals surface area contributed by atoms with Crippen LogP contribution < -0.4 is 0 Å². The summed E-state index contributed by atoms with van der Waals surface area (Å²) in [6.07, 6.45) is 2.95. The van der Waals surface area contributed by atoms with E-state index in [0.29, 0.717) is 6.73 Å². The fraction of sp³-hybridized carbons (Fsp3) is 0.625. The summed E-state index contributed by atoms with van der Waals surface area (Å²) in [5.74, 6) is 0. The third kappa shape index (κ3) is 1.35. The van der Waals surface area contributed by atoms with Gasteiger partial charge < -0.3 is 4.74 Å². The molecule has 12 heavy (non-hydrogen) atoms. The summed E-state index contributed by atoms with van der Waals surface area (Å²) in [6.45, 7) is 2.73. The second-order valence-electron chi connectivity index (χ2n) is 3.09. The normalized spacial score (nSPS) is 17.8. The first-order valence-electron chi connectivity index (χ1n) is 4.12. The van der Waals surface area contributed by atoms with Crippen molar-refractivity contribution in [2.24, 2.45) is 0 Å². The first-order valence-corrected chi connectivity index (χ1v) is 4.12. The van der Waals surface area contributed by atoms with Gasteiger partial charge in [-0.1, -0.05) is 0 Å². The van der Waals surface area contributed by atoms with Crippen LogP contribution in [-0.2, 0) is 17.7 Å².